The minimum Gasteiger partial charge on any atom is -0.398 e. The highest BCUT2D eigenvalue weighted by Crippen LogP contribution is 2.22. The van der Waals surface area contributed by atoms with Gasteiger partial charge in [-0.1, -0.05) is 0 Å². The molecule has 1 unspecified atom stereocenters. The highest BCUT2D eigenvalue weighted by atomic mass is 32.2. The number of nitrogens with two attached hydrogens (primary N) is 2. The Morgan fingerprint density at radius 2 is 2.05 bits per heavy atom. The molecule has 0 aliphatic heterocycles. The highest BCUT2D eigenvalue weighted by molar-refractivity contribution is 7.89. The van der Waals surface area contributed by atoms with Crippen molar-refractivity contribution in [1.29, 1.82) is 0 Å². The van der Waals surface area contributed by atoms with Crippen molar-refractivity contribution in [3.8, 4) is 0 Å². The van der Waals surface area contributed by atoms with E-state index in [9.17, 15) is 13.2 Å². The van der Waals surface area contributed by atoms with E-state index in [0.717, 1.165) is 0 Å². The van der Waals surface area contributed by atoms with Crippen molar-refractivity contribution in [2.24, 2.45) is 5.73 Å². The van der Waals surface area contributed by atoms with Gasteiger partial charge in [-0.15, -0.1) is 0 Å². The van der Waals surface area contributed by atoms with Gasteiger partial charge in [0.25, 0.3) is 0 Å². The Bertz CT molecular complexity index is 571. The second kappa shape index (κ2) is 5.89. The predicted molar refractivity (Wildman–Crippen MR) is 74.0 cm³/mol. The molecule has 0 heterocycles. The van der Waals surface area contributed by atoms with Crippen LogP contribution in [0.15, 0.2) is 23.1 Å². The summed E-state index contributed by atoms with van der Waals surface area (Å²) in [5.74, 6) is -0.414. The lowest BCUT2D eigenvalue weighted by molar-refractivity contribution is -0.118. The molecular formula is C11H18N4O3S. The Morgan fingerprint density at radius 3 is 2.53 bits per heavy atom. The summed E-state index contributed by atoms with van der Waals surface area (Å²) in [7, 11) is -2.25. The van der Waals surface area contributed by atoms with Gasteiger partial charge in [-0.3, -0.25) is 4.79 Å². The largest absolute Gasteiger partial charge is 0.398 e. The molecule has 1 atom stereocenters. The summed E-state index contributed by atoms with van der Waals surface area (Å²) in [5.41, 5.74) is 11.6. The molecule has 19 heavy (non-hydrogen) atoms. The molecule has 7 nitrogen and oxygen atoms in total. The van der Waals surface area contributed by atoms with Crippen LogP contribution in [0.1, 0.15) is 13.3 Å². The fourth-order valence-corrected chi connectivity index (χ4v) is 2.47. The quantitative estimate of drug-likeness (QED) is 0.541. The minimum absolute atomic E-state index is 0.0168. The number of hydrogen-bond donors (Lipinski definition) is 4. The summed E-state index contributed by atoms with van der Waals surface area (Å²) >= 11 is 0. The second-order valence-electron chi connectivity index (χ2n) is 4.18. The van der Waals surface area contributed by atoms with Crippen LogP contribution in [0.4, 0.5) is 11.4 Å². The molecule has 0 fully saturated rings. The standard InChI is InChI=1S/C11H18N4O3S/c1-7(5-11(13)16)15-8-3-4-10(9(12)6-8)19(17,18)14-2/h3-4,6-7,14-15H,5,12H2,1-2H3,(H2,13,16). The van der Waals surface area contributed by atoms with Crippen molar-refractivity contribution >= 4 is 27.3 Å². The maximum atomic E-state index is 11.6. The lowest BCUT2D eigenvalue weighted by Gasteiger charge is -2.15. The SMILES string of the molecule is CNS(=O)(=O)c1ccc(NC(C)CC(N)=O)cc1N. The highest BCUT2D eigenvalue weighted by Gasteiger charge is 2.15. The van der Waals surface area contributed by atoms with Crippen LogP contribution in [-0.2, 0) is 14.8 Å². The molecule has 1 aromatic rings. The van der Waals surface area contributed by atoms with E-state index in [1.165, 1.54) is 19.2 Å². The molecule has 0 aliphatic carbocycles. The molecule has 0 radical (unpaired) electrons. The number of nitrogen functional groups attached to an aromatic ring is 1. The van der Waals surface area contributed by atoms with Gasteiger partial charge in [0.05, 0.1) is 5.69 Å². The first-order valence-electron chi connectivity index (χ1n) is 5.64. The van der Waals surface area contributed by atoms with Gasteiger partial charge in [0, 0.05) is 18.2 Å². The molecule has 1 amide bonds. The number of anilines is 2. The average Bonchev–Trinajstić information content (AvgIpc) is 2.27. The molecule has 0 aromatic heterocycles. The molecule has 8 heteroatoms. The van der Waals surface area contributed by atoms with Crippen LogP contribution in [0.5, 0.6) is 0 Å². The maximum absolute atomic E-state index is 11.6. The molecule has 0 saturated heterocycles. The van der Waals surface area contributed by atoms with E-state index < -0.39 is 15.9 Å². The Morgan fingerprint density at radius 1 is 1.42 bits per heavy atom. The zero-order valence-corrected chi connectivity index (χ0v) is 11.6. The van der Waals surface area contributed by atoms with E-state index in [1.54, 1.807) is 13.0 Å². The Hall–Kier alpha value is -1.80. The number of nitrogens with one attached hydrogen (secondary N) is 2. The summed E-state index contributed by atoms with van der Waals surface area (Å²) in [4.78, 5) is 10.8. The van der Waals surface area contributed by atoms with E-state index in [0.29, 0.717) is 5.69 Å². The first kappa shape index (κ1) is 15.3. The smallest absolute Gasteiger partial charge is 0.242 e. The Kier molecular flexibility index (Phi) is 4.73. The van der Waals surface area contributed by atoms with Crippen LogP contribution in [0.25, 0.3) is 0 Å². The first-order chi connectivity index (χ1) is 8.76. The molecule has 1 rings (SSSR count). The summed E-state index contributed by atoms with van der Waals surface area (Å²) in [6, 6.07) is 4.32. The number of carbonyl (C=O) groups is 1. The van der Waals surface area contributed by atoms with Crippen LogP contribution in [-0.4, -0.2) is 27.4 Å². The first-order valence-corrected chi connectivity index (χ1v) is 7.12. The van der Waals surface area contributed by atoms with Gasteiger partial charge in [-0.05, 0) is 32.2 Å². The van der Waals surface area contributed by atoms with Crippen LogP contribution in [0, 0.1) is 0 Å². The van der Waals surface area contributed by atoms with Crippen molar-refractivity contribution in [1.82, 2.24) is 4.72 Å². The molecular weight excluding hydrogens is 268 g/mol. The molecule has 0 bridgehead atoms. The van der Waals surface area contributed by atoms with Crippen LogP contribution < -0.4 is 21.5 Å². The third kappa shape index (κ3) is 4.11. The lowest BCUT2D eigenvalue weighted by atomic mass is 10.2. The minimum atomic E-state index is -3.57. The number of sulfonamides is 1. The maximum Gasteiger partial charge on any atom is 0.242 e. The molecule has 106 valence electrons. The fraction of sp³-hybridized carbons (Fsp3) is 0.364. The Labute approximate surface area is 112 Å². The van der Waals surface area contributed by atoms with Crippen LogP contribution in [0.3, 0.4) is 0 Å². The van der Waals surface area contributed by atoms with Gasteiger partial charge in [0.2, 0.25) is 15.9 Å². The number of hydrogen-bond acceptors (Lipinski definition) is 5. The van der Waals surface area contributed by atoms with Gasteiger partial charge in [0.1, 0.15) is 4.90 Å². The van der Waals surface area contributed by atoms with Crippen molar-refractivity contribution in [3.63, 3.8) is 0 Å². The van der Waals surface area contributed by atoms with Gasteiger partial charge < -0.3 is 16.8 Å². The molecule has 0 spiro atoms. The molecule has 1 aromatic carbocycles. The zero-order valence-electron chi connectivity index (χ0n) is 10.8. The van der Waals surface area contributed by atoms with E-state index >= 15 is 0 Å². The monoisotopic (exact) mass is 286 g/mol. The second-order valence-corrected chi connectivity index (χ2v) is 6.03. The molecule has 0 saturated carbocycles. The van der Waals surface area contributed by atoms with Crippen molar-refractivity contribution < 1.29 is 13.2 Å². The number of rotatable bonds is 6. The van der Waals surface area contributed by atoms with E-state index in [4.69, 9.17) is 11.5 Å². The summed E-state index contributed by atoms with van der Waals surface area (Å²) < 4.78 is 25.5. The zero-order chi connectivity index (χ0) is 14.6. The van der Waals surface area contributed by atoms with Crippen molar-refractivity contribution in [2.45, 2.75) is 24.3 Å². The normalized spacial score (nSPS) is 12.9. The van der Waals surface area contributed by atoms with E-state index in [1.807, 2.05) is 0 Å². The number of benzene rings is 1. The summed E-state index contributed by atoms with van der Waals surface area (Å²) in [6.07, 6.45) is 0.177. The lowest BCUT2D eigenvalue weighted by Crippen LogP contribution is -2.24. The summed E-state index contributed by atoms with van der Waals surface area (Å²) in [6.45, 7) is 1.79. The predicted octanol–water partition coefficient (Wildman–Crippen LogP) is -0.147. The van der Waals surface area contributed by atoms with Gasteiger partial charge in [-0.25, -0.2) is 13.1 Å². The van der Waals surface area contributed by atoms with Gasteiger partial charge in [-0.2, -0.15) is 0 Å². The van der Waals surface area contributed by atoms with Crippen LogP contribution >= 0.6 is 0 Å². The van der Waals surface area contributed by atoms with E-state index in [2.05, 4.69) is 10.0 Å². The van der Waals surface area contributed by atoms with Crippen molar-refractivity contribution in [2.75, 3.05) is 18.1 Å². The van der Waals surface area contributed by atoms with Crippen LogP contribution in [0.2, 0.25) is 0 Å². The third-order valence-corrected chi connectivity index (χ3v) is 3.98. The van der Waals surface area contributed by atoms with E-state index in [-0.39, 0.29) is 23.0 Å². The number of amides is 1. The van der Waals surface area contributed by atoms with Gasteiger partial charge >= 0.3 is 0 Å². The van der Waals surface area contributed by atoms with Crippen molar-refractivity contribution in [3.05, 3.63) is 18.2 Å². The topological polar surface area (TPSA) is 127 Å². The number of carbonyl (C=O) groups excluding carboxylic acids is 1. The molecule has 6 N–H and O–H groups in total. The Balaban J connectivity index is 2.92. The third-order valence-electron chi connectivity index (χ3n) is 2.49. The fourth-order valence-electron chi connectivity index (χ4n) is 1.63. The summed E-state index contributed by atoms with van der Waals surface area (Å²) in [5, 5.41) is 3.01. The number of primary amides is 1. The van der Waals surface area contributed by atoms with Gasteiger partial charge in [0.15, 0.2) is 0 Å². The average molecular weight is 286 g/mol. The molecule has 0 aliphatic rings.